The molecule has 2 rings (SSSR count). The Morgan fingerprint density at radius 2 is 1.91 bits per heavy atom. The van der Waals surface area contributed by atoms with Gasteiger partial charge in [0.2, 0.25) is 0 Å². The van der Waals surface area contributed by atoms with Crippen LogP contribution in [-0.4, -0.2) is 25.9 Å². The average molecular weight is 320 g/mol. The van der Waals surface area contributed by atoms with Gasteiger partial charge in [-0.2, -0.15) is 0 Å². The van der Waals surface area contributed by atoms with Crippen molar-refractivity contribution in [1.29, 1.82) is 0 Å². The van der Waals surface area contributed by atoms with E-state index >= 15 is 0 Å². The normalized spacial score (nSPS) is 10.1. The molecule has 0 unspecified atom stereocenters. The summed E-state index contributed by atoms with van der Waals surface area (Å²) in [6, 6.07) is 16.6. The van der Waals surface area contributed by atoms with Gasteiger partial charge in [0.05, 0.1) is 6.54 Å². The van der Waals surface area contributed by atoms with Gasteiger partial charge in [0, 0.05) is 17.3 Å². The van der Waals surface area contributed by atoms with Crippen molar-refractivity contribution < 1.29 is 14.3 Å². The molecule has 0 heterocycles. The Bertz CT molecular complexity index is 604. The maximum Gasteiger partial charge on any atom is 0.513 e. The molecule has 2 aromatic rings. The van der Waals surface area contributed by atoms with Crippen LogP contribution < -0.4 is 9.64 Å². The molecule has 4 nitrogen and oxygen atoms in total. The average Bonchev–Trinajstić information content (AvgIpc) is 2.52. The Balaban J connectivity index is 1.79. The first kappa shape index (κ1) is 16.2. The van der Waals surface area contributed by atoms with Crippen LogP contribution in [0.3, 0.4) is 0 Å². The fourth-order valence-electron chi connectivity index (χ4n) is 2.00. The van der Waals surface area contributed by atoms with E-state index in [9.17, 15) is 4.79 Å². The molecule has 0 aliphatic heterocycles. The van der Waals surface area contributed by atoms with Crippen LogP contribution in [0, 0.1) is 0 Å². The number of ether oxygens (including phenoxy) is 2. The number of carbonyl (C=O) groups excluding carboxylic acids is 1. The number of anilines is 1. The molecule has 116 valence electrons. The standard InChI is InChI=1S/C17H18ClNO3/c1-2-19(15-8-4-3-5-9-15)11-12-21-17(20)22-16-10-6-7-14(18)13-16/h3-10,13H,2,11-12H2,1H3. The van der Waals surface area contributed by atoms with Crippen molar-refractivity contribution in [2.24, 2.45) is 0 Å². The van der Waals surface area contributed by atoms with E-state index in [4.69, 9.17) is 21.1 Å². The lowest BCUT2D eigenvalue weighted by Crippen LogP contribution is -2.28. The summed E-state index contributed by atoms with van der Waals surface area (Å²) in [6.45, 7) is 3.74. The number of likely N-dealkylation sites (N-methyl/N-ethyl adjacent to an activating group) is 1. The van der Waals surface area contributed by atoms with Crippen LogP contribution >= 0.6 is 11.6 Å². The lowest BCUT2D eigenvalue weighted by atomic mass is 10.3. The predicted molar refractivity (Wildman–Crippen MR) is 87.8 cm³/mol. The number of hydrogen-bond donors (Lipinski definition) is 0. The molecular weight excluding hydrogens is 302 g/mol. The monoisotopic (exact) mass is 319 g/mol. The topological polar surface area (TPSA) is 38.8 Å². The van der Waals surface area contributed by atoms with Crippen molar-refractivity contribution in [2.75, 3.05) is 24.6 Å². The Hall–Kier alpha value is -2.20. The lowest BCUT2D eigenvalue weighted by Gasteiger charge is -2.22. The van der Waals surface area contributed by atoms with Gasteiger partial charge in [0.15, 0.2) is 0 Å². The molecule has 0 saturated carbocycles. The molecule has 0 bridgehead atoms. The number of nitrogens with zero attached hydrogens (tertiary/aromatic N) is 1. The molecule has 5 heteroatoms. The SMILES string of the molecule is CCN(CCOC(=O)Oc1cccc(Cl)c1)c1ccccc1. The molecule has 0 N–H and O–H groups in total. The second-order valence-corrected chi connectivity index (χ2v) is 5.01. The molecule has 0 atom stereocenters. The Morgan fingerprint density at radius 3 is 2.59 bits per heavy atom. The smallest absolute Gasteiger partial charge is 0.432 e. The zero-order valence-electron chi connectivity index (χ0n) is 12.4. The molecule has 0 aromatic heterocycles. The van der Waals surface area contributed by atoms with E-state index in [0.29, 0.717) is 17.3 Å². The molecule has 0 saturated heterocycles. The van der Waals surface area contributed by atoms with Crippen molar-refractivity contribution in [3.63, 3.8) is 0 Å². The molecule has 0 aliphatic rings. The first-order chi connectivity index (χ1) is 10.7. The molecule has 0 amide bonds. The van der Waals surface area contributed by atoms with Gasteiger partial charge in [-0.05, 0) is 37.3 Å². The first-order valence-electron chi connectivity index (χ1n) is 7.09. The van der Waals surface area contributed by atoms with E-state index in [1.165, 1.54) is 0 Å². The number of halogens is 1. The maximum absolute atomic E-state index is 11.6. The quantitative estimate of drug-likeness (QED) is 0.585. The first-order valence-corrected chi connectivity index (χ1v) is 7.47. The minimum atomic E-state index is -0.730. The summed E-state index contributed by atoms with van der Waals surface area (Å²) in [6.07, 6.45) is -0.730. The van der Waals surface area contributed by atoms with Gasteiger partial charge in [-0.1, -0.05) is 35.9 Å². The van der Waals surface area contributed by atoms with Crippen molar-refractivity contribution in [1.82, 2.24) is 0 Å². The highest BCUT2D eigenvalue weighted by molar-refractivity contribution is 6.30. The molecule has 22 heavy (non-hydrogen) atoms. The summed E-state index contributed by atoms with van der Waals surface area (Å²) in [5.41, 5.74) is 1.09. The highest BCUT2D eigenvalue weighted by atomic mass is 35.5. The maximum atomic E-state index is 11.6. The van der Waals surface area contributed by atoms with E-state index in [-0.39, 0.29) is 6.61 Å². The fraction of sp³-hybridized carbons (Fsp3) is 0.235. The van der Waals surface area contributed by atoms with Gasteiger partial charge < -0.3 is 14.4 Å². The minimum Gasteiger partial charge on any atom is -0.432 e. The van der Waals surface area contributed by atoms with E-state index in [2.05, 4.69) is 11.8 Å². The van der Waals surface area contributed by atoms with Crippen LogP contribution in [0.25, 0.3) is 0 Å². The second kappa shape index (κ2) is 8.29. The van der Waals surface area contributed by atoms with Crippen LogP contribution in [0.4, 0.5) is 10.5 Å². The summed E-state index contributed by atoms with van der Waals surface area (Å²) in [7, 11) is 0. The number of rotatable bonds is 6. The zero-order chi connectivity index (χ0) is 15.8. The van der Waals surface area contributed by atoms with Crippen LogP contribution in [-0.2, 0) is 4.74 Å². The van der Waals surface area contributed by atoms with Gasteiger partial charge in [0.1, 0.15) is 12.4 Å². The Labute approximate surface area is 135 Å². The largest absolute Gasteiger partial charge is 0.513 e. The van der Waals surface area contributed by atoms with Gasteiger partial charge in [-0.15, -0.1) is 0 Å². The van der Waals surface area contributed by atoms with E-state index in [0.717, 1.165) is 12.2 Å². The van der Waals surface area contributed by atoms with Gasteiger partial charge >= 0.3 is 6.16 Å². The van der Waals surface area contributed by atoms with Crippen LogP contribution in [0.1, 0.15) is 6.92 Å². The number of hydrogen-bond acceptors (Lipinski definition) is 4. The molecule has 0 aliphatic carbocycles. The highest BCUT2D eigenvalue weighted by Crippen LogP contribution is 2.17. The summed E-state index contributed by atoms with van der Waals surface area (Å²) >= 11 is 5.82. The molecule has 0 spiro atoms. The van der Waals surface area contributed by atoms with Crippen LogP contribution in [0.2, 0.25) is 5.02 Å². The summed E-state index contributed by atoms with van der Waals surface area (Å²) in [5, 5.41) is 0.506. The van der Waals surface area contributed by atoms with Gasteiger partial charge in [0.25, 0.3) is 0 Å². The Kier molecular flexibility index (Phi) is 6.10. The van der Waals surface area contributed by atoms with Crippen LogP contribution in [0.5, 0.6) is 5.75 Å². The predicted octanol–water partition coefficient (Wildman–Crippen LogP) is 4.38. The fourth-order valence-corrected chi connectivity index (χ4v) is 2.18. The van der Waals surface area contributed by atoms with Crippen molar-refractivity contribution in [3.05, 3.63) is 59.6 Å². The third-order valence-corrected chi connectivity index (χ3v) is 3.32. The minimum absolute atomic E-state index is 0.252. The molecule has 2 aromatic carbocycles. The molecule has 0 fully saturated rings. The second-order valence-electron chi connectivity index (χ2n) is 4.57. The van der Waals surface area contributed by atoms with Crippen molar-refractivity contribution >= 4 is 23.4 Å². The van der Waals surface area contributed by atoms with Crippen LogP contribution in [0.15, 0.2) is 54.6 Å². The zero-order valence-corrected chi connectivity index (χ0v) is 13.1. The lowest BCUT2D eigenvalue weighted by molar-refractivity contribution is 0.101. The molecular formula is C17H18ClNO3. The van der Waals surface area contributed by atoms with Gasteiger partial charge in [-0.3, -0.25) is 0 Å². The van der Waals surface area contributed by atoms with Crippen molar-refractivity contribution in [3.8, 4) is 5.75 Å². The highest BCUT2D eigenvalue weighted by Gasteiger charge is 2.08. The van der Waals surface area contributed by atoms with Crippen molar-refractivity contribution in [2.45, 2.75) is 6.92 Å². The van der Waals surface area contributed by atoms with E-state index < -0.39 is 6.16 Å². The third-order valence-electron chi connectivity index (χ3n) is 3.08. The van der Waals surface area contributed by atoms with E-state index in [1.807, 2.05) is 30.3 Å². The summed E-state index contributed by atoms with van der Waals surface area (Å²) in [5.74, 6) is 0.368. The molecule has 0 radical (unpaired) electrons. The number of benzene rings is 2. The summed E-state index contributed by atoms with van der Waals surface area (Å²) in [4.78, 5) is 13.7. The van der Waals surface area contributed by atoms with Gasteiger partial charge in [-0.25, -0.2) is 4.79 Å². The van der Waals surface area contributed by atoms with E-state index in [1.54, 1.807) is 24.3 Å². The Morgan fingerprint density at radius 1 is 1.14 bits per heavy atom. The number of para-hydroxylation sites is 1. The third kappa shape index (κ3) is 4.97. The summed E-state index contributed by atoms with van der Waals surface area (Å²) < 4.78 is 10.1. The number of carbonyl (C=O) groups is 1.